The second kappa shape index (κ2) is 6.23. The summed E-state index contributed by atoms with van der Waals surface area (Å²) in [5.41, 5.74) is 1.32. The quantitative estimate of drug-likeness (QED) is 0.695. The van der Waals surface area contributed by atoms with Gasteiger partial charge in [-0.2, -0.15) is 0 Å². The van der Waals surface area contributed by atoms with Crippen LogP contribution in [-0.4, -0.2) is 6.61 Å². The van der Waals surface area contributed by atoms with Gasteiger partial charge in [0.25, 0.3) is 0 Å². The molecule has 0 N–H and O–H groups in total. The van der Waals surface area contributed by atoms with Crippen LogP contribution in [0.15, 0.2) is 24.3 Å². The van der Waals surface area contributed by atoms with Crippen molar-refractivity contribution < 1.29 is 4.74 Å². The van der Waals surface area contributed by atoms with E-state index in [0.29, 0.717) is 18.4 Å². The van der Waals surface area contributed by atoms with E-state index < -0.39 is 0 Å². The maximum atomic E-state index is 5.42. The Balaban J connectivity index is 2.75. The first-order chi connectivity index (χ1) is 7.69. The fourth-order valence-electron chi connectivity index (χ4n) is 1.68. The fourth-order valence-corrected chi connectivity index (χ4v) is 1.68. The third-order valence-corrected chi connectivity index (χ3v) is 2.84. The zero-order chi connectivity index (χ0) is 12.0. The van der Waals surface area contributed by atoms with Crippen molar-refractivity contribution in [1.82, 2.24) is 0 Å². The van der Waals surface area contributed by atoms with E-state index in [-0.39, 0.29) is 0 Å². The largest absolute Gasteiger partial charge is 0.494 e. The van der Waals surface area contributed by atoms with Crippen molar-refractivity contribution in [3.63, 3.8) is 0 Å². The summed E-state index contributed by atoms with van der Waals surface area (Å²) in [5.74, 6) is 7.97. The van der Waals surface area contributed by atoms with Gasteiger partial charge in [-0.3, -0.25) is 0 Å². The third-order valence-electron chi connectivity index (χ3n) is 2.84. The molecule has 1 rings (SSSR count). The van der Waals surface area contributed by atoms with Gasteiger partial charge in [0.15, 0.2) is 0 Å². The minimum absolute atomic E-state index is 0.392. The monoisotopic (exact) mass is 216 g/mol. The molecular weight excluding hydrogens is 196 g/mol. The molecule has 1 aromatic rings. The van der Waals surface area contributed by atoms with Crippen LogP contribution in [0.1, 0.15) is 39.2 Å². The van der Waals surface area contributed by atoms with Crippen LogP contribution in [0.5, 0.6) is 5.75 Å². The first-order valence-electron chi connectivity index (χ1n) is 5.84. The van der Waals surface area contributed by atoms with Crippen LogP contribution < -0.4 is 4.74 Å². The number of hydrogen-bond acceptors (Lipinski definition) is 1. The van der Waals surface area contributed by atoms with Crippen molar-refractivity contribution in [1.29, 1.82) is 0 Å². The molecule has 1 heteroatoms. The molecule has 16 heavy (non-hydrogen) atoms. The molecule has 0 saturated heterocycles. The van der Waals surface area contributed by atoms with Crippen molar-refractivity contribution in [3.8, 4) is 17.6 Å². The molecular formula is C15H20O. The normalized spacial score (nSPS) is 13.5. The van der Waals surface area contributed by atoms with Gasteiger partial charge in [0.1, 0.15) is 5.75 Å². The molecule has 2 atom stereocenters. The van der Waals surface area contributed by atoms with Crippen LogP contribution in [0.25, 0.3) is 0 Å². The summed E-state index contributed by atoms with van der Waals surface area (Å²) < 4.78 is 5.42. The van der Waals surface area contributed by atoms with Crippen LogP contribution in [0.3, 0.4) is 0 Å². The number of benzene rings is 1. The average molecular weight is 216 g/mol. The Morgan fingerprint density at radius 1 is 1.19 bits per heavy atom. The zero-order valence-electron chi connectivity index (χ0n) is 10.6. The summed E-state index contributed by atoms with van der Waals surface area (Å²) in [4.78, 5) is 0. The molecule has 0 fully saturated rings. The van der Waals surface area contributed by atoms with E-state index in [0.717, 1.165) is 5.75 Å². The molecule has 86 valence electrons. The summed E-state index contributed by atoms with van der Waals surface area (Å²) in [6.45, 7) is 8.98. The second-order valence-electron chi connectivity index (χ2n) is 3.97. The molecule has 0 radical (unpaired) electrons. The van der Waals surface area contributed by atoms with Gasteiger partial charge in [0.2, 0.25) is 0 Å². The highest BCUT2D eigenvalue weighted by Crippen LogP contribution is 2.25. The molecule has 0 saturated carbocycles. The highest BCUT2D eigenvalue weighted by molar-refractivity contribution is 5.30. The molecule has 0 aliphatic heterocycles. The standard InChI is InChI=1S/C15H20O/c1-5-7-12(3)13(4)14-8-10-15(11-9-14)16-6-2/h8-13H,6H2,1-4H3. The van der Waals surface area contributed by atoms with Gasteiger partial charge in [0, 0.05) is 5.92 Å². The van der Waals surface area contributed by atoms with Crippen molar-refractivity contribution in [3.05, 3.63) is 29.8 Å². The number of rotatable bonds is 4. The van der Waals surface area contributed by atoms with Gasteiger partial charge >= 0.3 is 0 Å². The predicted molar refractivity (Wildman–Crippen MR) is 68.6 cm³/mol. The Hall–Kier alpha value is -1.42. The van der Waals surface area contributed by atoms with Crippen molar-refractivity contribution in [2.75, 3.05) is 6.61 Å². The smallest absolute Gasteiger partial charge is 0.119 e. The predicted octanol–water partition coefficient (Wildman–Crippen LogP) is 3.85. The SMILES string of the molecule is CC#CC(C)C(C)c1ccc(OCC)cc1. The van der Waals surface area contributed by atoms with Crippen LogP contribution in [0.4, 0.5) is 0 Å². The summed E-state index contributed by atoms with van der Waals surface area (Å²) in [5, 5.41) is 0. The van der Waals surface area contributed by atoms with Crippen molar-refractivity contribution in [2.24, 2.45) is 5.92 Å². The van der Waals surface area contributed by atoms with E-state index in [9.17, 15) is 0 Å². The van der Waals surface area contributed by atoms with E-state index in [1.807, 2.05) is 26.0 Å². The van der Waals surface area contributed by atoms with E-state index in [4.69, 9.17) is 4.74 Å². The van der Waals surface area contributed by atoms with Gasteiger partial charge in [-0.15, -0.1) is 5.92 Å². The maximum Gasteiger partial charge on any atom is 0.119 e. The summed E-state index contributed by atoms with van der Waals surface area (Å²) >= 11 is 0. The Morgan fingerprint density at radius 2 is 1.81 bits per heavy atom. The van der Waals surface area contributed by atoms with Crippen LogP contribution in [0, 0.1) is 17.8 Å². The number of ether oxygens (including phenoxy) is 1. The Morgan fingerprint density at radius 3 is 2.31 bits per heavy atom. The lowest BCUT2D eigenvalue weighted by molar-refractivity contribution is 0.340. The molecule has 0 aliphatic rings. The second-order valence-corrected chi connectivity index (χ2v) is 3.97. The number of hydrogen-bond donors (Lipinski definition) is 0. The topological polar surface area (TPSA) is 9.23 Å². The molecule has 1 nitrogen and oxygen atoms in total. The zero-order valence-corrected chi connectivity index (χ0v) is 10.6. The average Bonchev–Trinajstić information content (AvgIpc) is 2.30. The highest BCUT2D eigenvalue weighted by atomic mass is 16.5. The molecule has 0 aromatic heterocycles. The van der Waals surface area contributed by atoms with Gasteiger partial charge in [-0.1, -0.05) is 31.9 Å². The Bertz CT molecular complexity index is 367. The van der Waals surface area contributed by atoms with Gasteiger partial charge in [0.05, 0.1) is 6.61 Å². The molecule has 0 aliphatic carbocycles. The third kappa shape index (κ3) is 3.31. The Labute approximate surface area is 98.8 Å². The lowest BCUT2D eigenvalue weighted by Gasteiger charge is -2.15. The maximum absolute atomic E-state index is 5.42. The molecule has 0 heterocycles. The molecule has 1 aromatic carbocycles. The lowest BCUT2D eigenvalue weighted by Crippen LogP contribution is -2.04. The molecule has 2 unspecified atom stereocenters. The van der Waals surface area contributed by atoms with Crippen LogP contribution in [0.2, 0.25) is 0 Å². The summed E-state index contributed by atoms with van der Waals surface area (Å²) in [6, 6.07) is 8.32. The lowest BCUT2D eigenvalue weighted by atomic mass is 9.89. The van der Waals surface area contributed by atoms with Gasteiger partial charge < -0.3 is 4.74 Å². The molecule has 0 bridgehead atoms. The van der Waals surface area contributed by atoms with Gasteiger partial charge in [-0.25, -0.2) is 0 Å². The van der Waals surface area contributed by atoms with Crippen LogP contribution in [-0.2, 0) is 0 Å². The summed E-state index contributed by atoms with van der Waals surface area (Å²) in [6.07, 6.45) is 0. The van der Waals surface area contributed by atoms with Crippen molar-refractivity contribution in [2.45, 2.75) is 33.6 Å². The van der Waals surface area contributed by atoms with E-state index >= 15 is 0 Å². The minimum atomic E-state index is 0.392. The molecule has 0 spiro atoms. The van der Waals surface area contributed by atoms with E-state index in [1.54, 1.807) is 0 Å². The van der Waals surface area contributed by atoms with Crippen LogP contribution >= 0.6 is 0 Å². The van der Waals surface area contributed by atoms with Gasteiger partial charge in [-0.05, 0) is 37.5 Å². The first-order valence-corrected chi connectivity index (χ1v) is 5.84. The highest BCUT2D eigenvalue weighted by Gasteiger charge is 2.11. The van der Waals surface area contributed by atoms with E-state index in [1.165, 1.54) is 5.56 Å². The van der Waals surface area contributed by atoms with Crippen molar-refractivity contribution >= 4 is 0 Å². The minimum Gasteiger partial charge on any atom is -0.494 e. The summed E-state index contributed by atoms with van der Waals surface area (Å²) in [7, 11) is 0. The first kappa shape index (κ1) is 12.6. The molecule has 0 amide bonds. The van der Waals surface area contributed by atoms with E-state index in [2.05, 4.69) is 37.8 Å². The fraction of sp³-hybridized carbons (Fsp3) is 0.467. The Kier molecular flexibility index (Phi) is 4.92.